The number of nitro benzene ring substituents is 1. The van der Waals surface area contributed by atoms with E-state index in [-0.39, 0.29) is 17.7 Å². The number of carbonyl (C=O) groups is 1. The summed E-state index contributed by atoms with van der Waals surface area (Å²) in [6.07, 6.45) is 2.02. The van der Waals surface area contributed by atoms with Crippen molar-refractivity contribution in [2.75, 3.05) is 19.7 Å². The molecule has 1 aliphatic rings. The zero-order valence-electron chi connectivity index (χ0n) is 11.8. The lowest BCUT2D eigenvalue weighted by Gasteiger charge is -2.24. The molecule has 7 heteroatoms. The molecule has 1 heterocycles. The summed E-state index contributed by atoms with van der Waals surface area (Å²) in [7, 11) is 0. The molecule has 1 amide bonds. The SMILES string of the molecule is CCN(CC1CCCO1)C(=O)c1cc([N+](=O)[O-])ccc1Br. The maximum Gasteiger partial charge on any atom is 0.270 e. The van der Waals surface area contributed by atoms with Crippen molar-refractivity contribution in [3.63, 3.8) is 0 Å². The van der Waals surface area contributed by atoms with E-state index in [1.807, 2.05) is 6.92 Å². The van der Waals surface area contributed by atoms with E-state index in [9.17, 15) is 14.9 Å². The number of carbonyl (C=O) groups excluding carboxylic acids is 1. The molecule has 0 spiro atoms. The number of rotatable bonds is 5. The number of hydrogen-bond acceptors (Lipinski definition) is 4. The van der Waals surface area contributed by atoms with Crippen molar-refractivity contribution in [2.45, 2.75) is 25.9 Å². The molecule has 6 nitrogen and oxygen atoms in total. The van der Waals surface area contributed by atoms with Crippen LogP contribution in [0.5, 0.6) is 0 Å². The number of nitro groups is 1. The summed E-state index contributed by atoms with van der Waals surface area (Å²) < 4.78 is 6.11. The van der Waals surface area contributed by atoms with Crippen molar-refractivity contribution >= 4 is 27.5 Å². The van der Waals surface area contributed by atoms with Gasteiger partial charge in [0.05, 0.1) is 16.6 Å². The van der Waals surface area contributed by atoms with Crippen LogP contribution in [0.2, 0.25) is 0 Å². The van der Waals surface area contributed by atoms with Crippen LogP contribution in [0.4, 0.5) is 5.69 Å². The van der Waals surface area contributed by atoms with Gasteiger partial charge >= 0.3 is 0 Å². The van der Waals surface area contributed by atoms with Gasteiger partial charge in [0.15, 0.2) is 0 Å². The molecule has 1 fully saturated rings. The molecule has 114 valence electrons. The van der Waals surface area contributed by atoms with E-state index < -0.39 is 4.92 Å². The first-order valence-corrected chi connectivity index (χ1v) is 7.67. The van der Waals surface area contributed by atoms with Crippen molar-refractivity contribution < 1.29 is 14.5 Å². The molecule has 2 rings (SSSR count). The van der Waals surface area contributed by atoms with E-state index in [1.54, 1.807) is 4.90 Å². The van der Waals surface area contributed by atoms with Crippen LogP contribution in [0, 0.1) is 10.1 Å². The molecule has 0 aromatic heterocycles. The first-order valence-electron chi connectivity index (χ1n) is 6.87. The van der Waals surface area contributed by atoms with Crippen LogP contribution in [-0.4, -0.2) is 41.5 Å². The second-order valence-electron chi connectivity index (χ2n) is 4.90. The number of halogens is 1. The van der Waals surface area contributed by atoms with E-state index in [4.69, 9.17) is 4.74 Å². The lowest BCUT2D eigenvalue weighted by Crippen LogP contribution is -2.37. The molecule has 0 saturated carbocycles. The Hall–Kier alpha value is -1.47. The molecular formula is C14H17BrN2O4. The summed E-state index contributed by atoms with van der Waals surface area (Å²) in [5.41, 5.74) is 0.221. The Morgan fingerprint density at radius 2 is 2.33 bits per heavy atom. The van der Waals surface area contributed by atoms with Gasteiger partial charge in [0, 0.05) is 36.3 Å². The number of likely N-dealkylation sites (N-methyl/N-ethyl adjacent to an activating group) is 1. The first-order chi connectivity index (χ1) is 10.0. The smallest absolute Gasteiger partial charge is 0.270 e. The van der Waals surface area contributed by atoms with Crippen LogP contribution in [-0.2, 0) is 4.74 Å². The minimum atomic E-state index is -0.500. The fourth-order valence-corrected chi connectivity index (χ4v) is 2.77. The molecule has 1 saturated heterocycles. The van der Waals surface area contributed by atoms with Crippen molar-refractivity contribution in [1.82, 2.24) is 4.90 Å². The molecule has 1 atom stereocenters. The van der Waals surface area contributed by atoms with Gasteiger partial charge in [0.25, 0.3) is 11.6 Å². The highest BCUT2D eigenvalue weighted by Crippen LogP contribution is 2.24. The number of nitrogens with zero attached hydrogens (tertiary/aromatic N) is 2. The average Bonchev–Trinajstić information content (AvgIpc) is 2.97. The lowest BCUT2D eigenvalue weighted by atomic mass is 10.1. The normalized spacial score (nSPS) is 17.7. The van der Waals surface area contributed by atoms with Gasteiger partial charge in [-0.1, -0.05) is 0 Å². The third-order valence-electron chi connectivity index (χ3n) is 3.51. The molecule has 1 aromatic carbocycles. The summed E-state index contributed by atoms with van der Waals surface area (Å²) in [6.45, 7) is 3.67. The molecule has 0 aliphatic carbocycles. The Morgan fingerprint density at radius 1 is 1.57 bits per heavy atom. The highest BCUT2D eigenvalue weighted by atomic mass is 79.9. The van der Waals surface area contributed by atoms with Crippen LogP contribution in [0.1, 0.15) is 30.1 Å². The summed E-state index contributed by atoms with van der Waals surface area (Å²) in [4.78, 5) is 24.6. The number of benzene rings is 1. The molecule has 1 unspecified atom stereocenters. The summed E-state index contributed by atoms with van der Waals surface area (Å²) in [5.74, 6) is -0.219. The minimum Gasteiger partial charge on any atom is -0.376 e. The Morgan fingerprint density at radius 3 is 2.90 bits per heavy atom. The second-order valence-corrected chi connectivity index (χ2v) is 5.75. The van der Waals surface area contributed by atoms with Crippen LogP contribution in [0.15, 0.2) is 22.7 Å². The van der Waals surface area contributed by atoms with Crippen molar-refractivity contribution in [1.29, 1.82) is 0 Å². The molecule has 21 heavy (non-hydrogen) atoms. The third kappa shape index (κ3) is 3.79. The molecular weight excluding hydrogens is 340 g/mol. The number of non-ortho nitro benzene ring substituents is 1. The number of amides is 1. The average molecular weight is 357 g/mol. The van der Waals surface area contributed by atoms with Gasteiger partial charge in [0.2, 0.25) is 0 Å². The summed E-state index contributed by atoms with van der Waals surface area (Å²) in [5, 5.41) is 10.9. The maximum absolute atomic E-state index is 12.6. The molecule has 0 bridgehead atoms. The van der Waals surface area contributed by atoms with Gasteiger partial charge in [-0.25, -0.2) is 0 Å². The van der Waals surface area contributed by atoms with Gasteiger partial charge in [-0.3, -0.25) is 14.9 Å². The zero-order chi connectivity index (χ0) is 15.4. The Kier molecular flexibility index (Phi) is 5.30. The monoisotopic (exact) mass is 356 g/mol. The maximum atomic E-state index is 12.6. The summed E-state index contributed by atoms with van der Waals surface area (Å²) >= 11 is 3.29. The van der Waals surface area contributed by atoms with Crippen molar-refractivity contribution in [3.05, 3.63) is 38.3 Å². The van der Waals surface area contributed by atoms with Crippen LogP contribution in [0.3, 0.4) is 0 Å². The first kappa shape index (κ1) is 15.9. The fraction of sp³-hybridized carbons (Fsp3) is 0.500. The quantitative estimate of drug-likeness (QED) is 0.600. The Labute approximate surface area is 131 Å². The molecule has 1 aromatic rings. The van der Waals surface area contributed by atoms with E-state index in [1.165, 1.54) is 18.2 Å². The minimum absolute atomic E-state index is 0.0615. The third-order valence-corrected chi connectivity index (χ3v) is 4.20. The lowest BCUT2D eigenvalue weighted by molar-refractivity contribution is -0.384. The fourth-order valence-electron chi connectivity index (χ4n) is 2.35. The zero-order valence-corrected chi connectivity index (χ0v) is 13.3. The van der Waals surface area contributed by atoms with Gasteiger partial charge in [-0.2, -0.15) is 0 Å². The standard InChI is InChI=1S/C14H17BrN2O4/c1-2-16(9-11-4-3-7-21-11)14(18)12-8-10(17(19)20)5-6-13(12)15/h5-6,8,11H,2-4,7,9H2,1H3. The van der Waals surface area contributed by atoms with Gasteiger partial charge in [-0.15, -0.1) is 0 Å². The number of hydrogen-bond donors (Lipinski definition) is 0. The predicted molar refractivity (Wildman–Crippen MR) is 81.3 cm³/mol. The van der Waals surface area contributed by atoms with Crippen molar-refractivity contribution in [3.8, 4) is 0 Å². The Balaban J connectivity index is 2.19. The predicted octanol–water partition coefficient (Wildman–Crippen LogP) is 3.00. The molecule has 0 radical (unpaired) electrons. The van der Waals surface area contributed by atoms with Crippen molar-refractivity contribution in [2.24, 2.45) is 0 Å². The largest absolute Gasteiger partial charge is 0.376 e. The van der Waals surface area contributed by atoms with E-state index >= 15 is 0 Å². The van der Waals surface area contributed by atoms with E-state index in [0.717, 1.165) is 19.4 Å². The van der Waals surface area contributed by atoms with Gasteiger partial charge in [-0.05, 0) is 41.8 Å². The van der Waals surface area contributed by atoms with E-state index in [2.05, 4.69) is 15.9 Å². The topological polar surface area (TPSA) is 72.7 Å². The molecule has 0 N–H and O–H groups in total. The highest BCUT2D eigenvalue weighted by Gasteiger charge is 2.24. The van der Waals surface area contributed by atoms with E-state index in [0.29, 0.717) is 23.1 Å². The second kappa shape index (κ2) is 7.00. The van der Waals surface area contributed by atoms with Gasteiger partial charge < -0.3 is 9.64 Å². The highest BCUT2D eigenvalue weighted by molar-refractivity contribution is 9.10. The molecule has 1 aliphatic heterocycles. The van der Waals surface area contributed by atoms with Crippen LogP contribution >= 0.6 is 15.9 Å². The number of ether oxygens (including phenoxy) is 1. The van der Waals surface area contributed by atoms with Gasteiger partial charge in [0.1, 0.15) is 0 Å². The van der Waals surface area contributed by atoms with Crippen LogP contribution in [0.25, 0.3) is 0 Å². The van der Waals surface area contributed by atoms with Crippen LogP contribution < -0.4 is 0 Å². The Bertz CT molecular complexity index is 544. The summed E-state index contributed by atoms with van der Waals surface area (Å²) in [6, 6.07) is 4.22.